The van der Waals surface area contributed by atoms with Crippen LogP contribution in [0.3, 0.4) is 0 Å². The van der Waals surface area contributed by atoms with Crippen molar-refractivity contribution in [2.24, 2.45) is 0 Å². The fraction of sp³-hybridized carbons (Fsp3) is 0. The SMILES string of the molecule is O=C1c2ccccc2C(=O)c2cc(-c3cc4ccccc4cc3-c3ccc4ccc5cccc6ccc3c4c56)ccc21. The maximum absolute atomic E-state index is 13.6. The topological polar surface area (TPSA) is 34.1 Å². The number of benzene rings is 8. The number of ketones is 2. The lowest BCUT2D eigenvalue weighted by atomic mass is 9.81. The molecule has 0 saturated heterocycles. The molecule has 9 rings (SSSR count). The second-order valence-electron chi connectivity index (χ2n) is 11.2. The maximum atomic E-state index is 13.6. The van der Waals surface area contributed by atoms with Gasteiger partial charge in [-0.3, -0.25) is 9.59 Å². The Bertz CT molecular complexity index is 2430. The summed E-state index contributed by atoms with van der Waals surface area (Å²) in [4.78, 5) is 26.9. The third kappa shape index (κ3) is 3.15. The molecule has 0 amide bonds. The Labute approximate surface area is 241 Å². The zero-order chi connectivity index (χ0) is 27.9. The average molecular weight is 535 g/mol. The molecule has 0 unspecified atom stereocenters. The molecule has 0 radical (unpaired) electrons. The van der Waals surface area contributed by atoms with Gasteiger partial charge in [-0.25, -0.2) is 0 Å². The van der Waals surface area contributed by atoms with Crippen molar-refractivity contribution in [2.75, 3.05) is 0 Å². The highest BCUT2D eigenvalue weighted by Crippen LogP contribution is 2.44. The second kappa shape index (κ2) is 8.45. The molecular formula is C40H22O2. The minimum Gasteiger partial charge on any atom is -0.289 e. The molecule has 2 nitrogen and oxygen atoms in total. The standard InChI is InChI=1S/C40H22O2/c41-39-31-10-3-4-11-32(31)40(42)36-22-28(16-19-33(36)39)34-20-26-6-1-2-7-27(26)21-35(34)29-17-14-25-13-12-23-8-5-9-24-15-18-30(29)38(25)37(23)24/h1-22H. The summed E-state index contributed by atoms with van der Waals surface area (Å²) in [5.41, 5.74) is 6.07. The Balaban J connectivity index is 1.33. The largest absolute Gasteiger partial charge is 0.289 e. The van der Waals surface area contributed by atoms with Crippen LogP contribution in [0.1, 0.15) is 31.8 Å². The zero-order valence-electron chi connectivity index (χ0n) is 22.5. The van der Waals surface area contributed by atoms with E-state index in [9.17, 15) is 9.59 Å². The van der Waals surface area contributed by atoms with Gasteiger partial charge in [0.25, 0.3) is 0 Å². The second-order valence-corrected chi connectivity index (χ2v) is 11.2. The quantitative estimate of drug-likeness (QED) is 0.207. The van der Waals surface area contributed by atoms with Crippen LogP contribution in [0.25, 0.3) is 65.3 Å². The van der Waals surface area contributed by atoms with Crippen LogP contribution in [0, 0.1) is 0 Å². The molecule has 194 valence electrons. The van der Waals surface area contributed by atoms with E-state index in [4.69, 9.17) is 0 Å². The number of carbonyl (C=O) groups is 2. The molecule has 0 bridgehead atoms. The van der Waals surface area contributed by atoms with E-state index in [1.165, 1.54) is 32.3 Å². The summed E-state index contributed by atoms with van der Waals surface area (Å²) in [7, 11) is 0. The van der Waals surface area contributed by atoms with Crippen molar-refractivity contribution >= 4 is 54.7 Å². The molecule has 0 aromatic heterocycles. The summed E-state index contributed by atoms with van der Waals surface area (Å²) in [5.74, 6) is -0.204. The third-order valence-electron chi connectivity index (χ3n) is 8.94. The Hall–Kier alpha value is -5.60. The maximum Gasteiger partial charge on any atom is 0.194 e. The van der Waals surface area contributed by atoms with Gasteiger partial charge in [-0.05, 0) is 89.6 Å². The van der Waals surface area contributed by atoms with Crippen molar-refractivity contribution in [1.82, 2.24) is 0 Å². The van der Waals surface area contributed by atoms with Gasteiger partial charge >= 0.3 is 0 Å². The van der Waals surface area contributed by atoms with Gasteiger partial charge in [0.2, 0.25) is 0 Å². The number of hydrogen-bond donors (Lipinski definition) is 0. The Kier molecular flexibility index (Phi) is 4.66. The van der Waals surface area contributed by atoms with Crippen LogP contribution < -0.4 is 0 Å². The minimum absolute atomic E-state index is 0.0998. The van der Waals surface area contributed by atoms with Crippen molar-refractivity contribution in [2.45, 2.75) is 0 Å². The molecule has 1 aliphatic carbocycles. The van der Waals surface area contributed by atoms with Crippen LogP contribution in [0.4, 0.5) is 0 Å². The van der Waals surface area contributed by atoms with E-state index in [-0.39, 0.29) is 11.6 Å². The van der Waals surface area contributed by atoms with Gasteiger partial charge in [0.1, 0.15) is 0 Å². The molecule has 0 N–H and O–H groups in total. The summed E-state index contributed by atoms with van der Waals surface area (Å²) in [6.45, 7) is 0. The van der Waals surface area contributed by atoms with Crippen LogP contribution >= 0.6 is 0 Å². The van der Waals surface area contributed by atoms with Gasteiger partial charge in [0.05, 0.1) is 0 Å². The van der Waals surface area contributed by atoms with Gasteiger partial charge < -0.3 is 0 Å². The molecule has 8 aromatic carbocycles. The Morgan fingerprint density at radius 3 is 1.57 bits per heavy atom. The van der Waals surface area contributed by atoms with E-state index in [1.54, 1.807) is 18.2 Å². The third-order valence-corrected chi connectivity index (χ3v) is 8.94. The normalized spacial score (nSPS) is 12.9. The highest BCUT2D eigenvalue weighted by molar-refractivity contribution is 6.29. The van der Waals surface area contributed by atoms with E-state index in [2.05, 4.69) is 84.9 Å². The summed E-state index contributed by atoms with van der Waals surface area (Å²) >= 11 is 0. The van der Waals surface area contributed by atoms with Crippen molar-refractivity contribution in [3.8, 4) is 22.3 Å². The van der Waals surface area contributed by atoms with Gasteiger partial charge in [-0.15, -0.1) is 0 Å². The molecule has 42 heavy (non-hydrogen) atoms. The van der Waals surface area contributed by atoms with Gasteiger partial charge in [0, 0.05) is 22.3 Å². The van der Waals surface area contributed by atoms with Gasteiger partial charge in [-0.2, -0.15) is 0 Å². The highest BCUT2D eigenvalue weighted by Gasteiger charge is 2.30. The van der Waals surface area contributed by atoms with Crippen LogP contribution in [0.2, 0.25) is 0 Å². The zero-order valence-corrected chi connectivity index (χ0v) is 22.5. The van der Waals surface area contributed by atoms with Crippen LogP contribution in [0.15, 0.2) is 133 Å². The molecule has 0 heterocycles. The smallest absolute Gasteiger partial charge is 0.194 e. The van der Waals surface area contributed by atoms with Gasteiger partial charge in [-0.1, -0.05) is 109 Å². The van der Waals surface area contributed by atoms with Crippen molar-refractivity contribution < 1.29 is 9.59 Å². The van der Waals surface area contributed by atoms with Crippen molar-refractivity contribution in [3.63, 3.8) is 0 Å². The highest BCUT2D eigenvalue weighted by atomic mass is 16.1. The lowest BCUT2D eigenvalue weighted by molar-refractivity contribution is 0.0979. The molecule has 2 heteroatoms. The summed E-state index contributed by atoms with van der Waals surface area (Å²) in [5, 5.41) is 9.72. The first-order chi connectivity index (χ1) is 20.7. The fourth-order valence-electron chi connectivity index (χ4n) is 6.94. The average Bonchev–Trinajstić information content (AvgIpc) is 3.05. The minimum atomic E-state index is -0.105. The fourth-order valence-corrected chi connectivity index (χ4v) is 6.94. The number of carbonyl (C=O) groups excluding carboxylic acids is 2. The van der Waals surface area contributed by atoms with Crippen LogP contribution in [0.5, 0.6) is 0 Å². The summed E-state index contributed by atoms with van der Waals surface area (Å²) < 4.78 is 0. The van der Waals surface area contributed by atoms with E-state index in [1.807, 2.05) is 30.3 Å². The number of hydrogen-bond acceptors (Lipinski definition) is 2. The summed E-state index contributed by atoms with van der Waals surface area (Å²) in [6, 6.07) is 45.5. The molecule has 0 fully saturated rings. The lowest BCUT2D eigenvalue weighted by Crippen LogP contribution is -2.20. The van der Waals surface area contributed by atoms with E-state index in [0.717, 1.165) is 33.0 Å². The van der Waals surface area contributed by atoms with Crippen molar-refractivity contribution in [3.05, 3.63) is 156 Å². The molecule has 0 saturated carbocycles. The Morgan fingerprint density at radius 1 is 0.310 bits per heavy atom. The van der Waals surface area contributed by atoms with Crippen LogP contribution in [-0.2, 0) is 0 Å². The number of rotatable bonds is 2. The predicted octanol–water partition coefficient (Wildman–Crippen LogP) is 9.85. The molecular weight excluding hydrogens is 512 g/mol. The summed E-state index contributed by atoms with van der Waals surface area (Å²) in [6.07, 6.45) is 0. The van der Waals surface area contributed by atoms with E-state index < -0.39 is 0 Å². The van der Waals surface area contributed by atoms with Crippen LogP contribution in [-0.4, -0.2) is 11.6 Å². The number of fused-ring (bicyclic) bond motifs is 3. The molecule has 0 aliphatic heterocycles. The lowest BCUT2D eigenvalue weighted by Gasteiger charge is -2.20. The van der Waals surface area contributed by atoms with E-state index in [0.29, 0.717) is 22.3 Å². The molecule has 8 aromatic rings. The first kappa shape index (κ1) is 23.1. The molecule has 0 spiro atoms. The van der Waals surface area contributed by atoms with E-state index >= 15 is 0 Å². The first-order valence-electron chi connectivity index (χ1n) is 14.2. The Morgan fingerprint density at radius 2 is 0.833 bits per heavy atom. The monoisotopic (exact) mass is 534 g/mol. The predicted molar refractivity (Wildman–Crippen MR) is 172 cm³/mol. The molecule has 1 aliphatic rings. The van der Waals surface area contributed by atoms with Gasteiger partial charge in [0.15, 0.2) is 11.6 Å². The molecule has 0 atom stereocenters. The van der Waals surface area contributed by atoms with Crippen molar-refractivity contribution in [1.29, 1.82) is 0 Å². The first-order valence-corrected chi connectivity index (χ1v) is 14.2.